The van der Waals surface area contributed by atoms with Crippen molar-refractivity contribution in [2.45, 2.75) is 96.6 Å². The zero-order valence-electron chi connectivity index (χ0n) is 13.6. The van der Waals surface area contributed by atoms with E-state index in [0.717, 1.165) is 13.0 Å². The molecule has 0 bridgehead atoms. The molecular weight excluding hydrogens is 246 g/mol. The highest BCUT2D eigenvalue weighted by Crippen LogP contribution is 2.30. The van der Waals surface area contributed by atoms with E-state index >= 15 is 0 Å². The quantitative estimate of drug-likeness (QED) is 0.710. The molecule has 0 saturated heterocycles. The second kappa shape index (κ2) is 8.17. The van der Waals surface area contributed by atoms with Gasteiger partial charge in [0.15, 0.2) is 0 Å². The van der Waals surface area contributed by atoms with Gasteiger partial charge in [0.2, 0.25) is 0 Å². The van der Waals surface area contributed by atoms with Gasteiger partial charge in [0.1, 0.15) is 5.78 Å². The first kappa shape index (κ1) is 16.0. The summed E-state index contributed by atoms with van der Waals surface area (Å²) in [5, 5.41) is 0. The van der Waals surface area contributed by atoms with Crippen LogP contribution in [0, 0.1) is 5.92 Å². The lowest BCUT2D eigenvalue weighted by atomic mass is 9.88. The molecule has 20 heavy (non-hydrogen) atoms. The first-order chi connectivity index (χ1) is 9.72. The number of hydrogen-bond donors (Lipinski definition) is 0. The fourth-order valence-electron chi connectivity index (χ4n) is 3.95. The maximum absolute atomic E-state index is 12.4. The summed E-state index contributed by atoms with van der Waals surface area (Å²) in [5.41, 5.74) is 0. The van der Waals surface area contributed by atoms with Gasteiger partial charge in [0.05, 0.1) is 6.54 Å². The van der Waals surface area contributed by atoms with Crippen LogP contribution in [-0.4, -0.2) is 29.3 Å². The molecule has 2 aliphatic rings. The van der Waals surface area contributed by atoms with Crippen molar-refractivity contribution in [3.8, 4) is 0 Å². The first-order valence-electron chi connectivity index (χ1n) is 9.00. The van der Waals surface area contributed by atoms with E-state index < -0.39 is 0 Å². The van der Waals surface area contributed by atoms with Crippen molar-refractivity contribution in [2.75, 3.05) is 6.54 Å². The van der Waals surface area contributed by atoms with Gasteiger partial charge in [-0.25, -0.2) is 0 Å². The lowest BCUT2D eigenvalue weighted by molar-refractivity contribution is -0.125. The second-order valence-electron chi connectivity index (χ2n) is 7.03. The molecule has 0 heterocycles. The third-order valence-corrected chi connectivity index (χ3v) is 5.59. The Hall–Kier alpha value is -0.370. The summed E-state index contributed by atoms with van der Waals surface area (Å²) in [7, 11) is 0. The predicted octanol–water partition coefficient (Wildman–Crippen LogP) is 4.57. The lowest BCUT2D eigenvalue weighted by Crippen LogP contribution is -2.48. The third-order valence-electron chi connectivity index (χ3n) is 5.59. The molecule has 0 aromatic heterocycles. The van der Waals surface area contributed by atoms with Gasteiger partial charge in [0.25, 0.3) is 0 Å². The van der Waals surface area contributed by atoms with Gasteiger partial charge in [-0.3, -0.25) is 9.69 Å². The van der Waals surface area contributed by atoms with Gasteiger partial charge in [-0.15, -0.1) is 0 Å². The Bertz CT molecular complexity index is 272. The molecule has 2 heteroatoms. The molecule has 0 aromatic carbocycles. The van der Waals surface area contributed by atoms with Gasteiger partial charge in [0, 0.05) is 18.0 Å². The van der Waals surface area contributed by atoms with E-state index in [-0.39, 0.29) is 5.92 Å². The zero-order chi connectivity index (χ0) is 14.4. The Kier molecular flexibility index (Phi) is 6.54. The van der Waals surface area contributed by atoms with Gasteiger partial charge < -0.3 is 0 Å². The van der Waals surface area contributed by atoms with E-state index in [4.69, 9.17) is 0 Å². The van der Waals surface area contributed by atoms with Crippen LogP contribution in [0.5, 0.6) is 0 Å². The first-order valence-corrected chi connectivity index (χ1v) is 9.00. The van der Waals surface area contributed by atoms with E-state index in [1.54, 1.807) is 0 Å². The Morgan fingerprint density at radius 2 is 1.40 bits per heavy atom. The summed E-state index contributed by atoms with van der Waals surface area (Å²) in [6.07, 6.45) is 14.5. The number of hydrogen-bond acceptors (Lipinski definition) is 2. The largest absolute Gasteiger partial charge is 0.298 e. The number of carbonyl (C=O) groups excluding carboxylic acids is 1. The van der Waals surface area contributed by atoms with Crippen LogP contribution in [0.2, 0.25) is 0 Å². The molecule has 2 saturated carbocycles. The van der Waals surface area contributed by atoms with Crippen LogP contribution in [0.25, 0.3) is 0 Å². The molecule has 0 radical (unpaired) electrons. The molecule has 0 amide bonds. The number of rotatable bonds is 6. The van der Waals surface area contributed by atoms with Crippen molar-refractivity contribution >= 4 is 5.78 Å². The third kappa shape index (κ3) is 4.31. The molecule has 0 aromatic rings. The van der Waals surface area contributed by atoms with E-state index in [1.165, 1.54) is 64.2 Å². The SMILES string of the molecule is CCC(C)C(=O)CN(C1CCCCC1)C1CCCCC1. The summed E-state index contributed by atoms with van der Waals surface area (Å²) >= 11 is 0. The van der Waals surface area contributed by atoms with Crippen LogP contribution >= 0.6 is 0 Å². The molecule has 1 unspecified atom stereocenters. The lowest BCUT2D eigenvalue weighted by Gasteiger charge is -2.41. The smallest absolute Gasteiger partial charge is 0.149 e. The van der Waals surface area contributed by atoms with Crippen molar-refractivity contribution in [3.63, 3.8) is 0 Å². The highest BCUT2D eigenvalue weighted by molar-refractivity contribution is 5.82. The molecule has 1 atom stereocenters. The summed E-state index contributed by atoms with van der Waals surface area (Å²) in [5.74, 6) is 0.716. The van der Waals surface area contributed by atoms with E-state index in [1.807, 2.05) is 0 Å². The fraction of sp³-hybridized carbons (Fsp3) is 0.944. The average molecular weight is 279 g/mol. The van der Waals surface area contributed by atoms with E-state index in [9.17, 15) is 4.79 Å². The van der Waals surface area contributed by atoms with Crippen molar-refractivity contribution in [2.24, 2.45) is 5.92 Å². The predicted molar refractivity (Wildman–Crippen MR) is 84.9 cm³/mol. The van der Waals surface area contributed by atoms with E-state index in [2.05, 4.69) is 18.7 Å². The van der Waals surface area contributed by atoms with Gasteiger partial charge in [-0.05, 0) is 32.1 Å². The molecular formula is C18H33NO. The Morgan fingerprint density at radius 1 is 0.950 bits per heavy atom. The van der Waals surface area contributed by atoms with Crippen molar-refractivity contribution in [1.29, 1.82) is 0 Å². The average Bonchev–Trinajstić information content (AvgIpc) is 2.53. The minimum Gasteiger partial charge on any atom is -0.298 e. The molecule has 2 fully saturated rings. The van der Waals surface area contributed by atoms with Gasteiger partial charge in [-0.1, -0.05) is 52.4 Å². The highest BCUT2D eigenvalue weighted by Gasteiger charge is 2.30. The summed E-state index contributed by atoms with van der Waals surface area (Å²) in [6.45, 7) is 4.96. The Morgan fingerprint density at radius 3 is 1.80 bits per heavy atom. The van der Waals surface area contributed by atoms with Crippen LogP contribution in [-0.2, 0) is 4.79 Å². The fourth-order valence-corrected chi connectivity index (χ4v) is 3.95. The maximum Gasteiger partial charge on any atom is 0.149 e. The molecule has 2 aliphatic carbocycles. The Balaban J connectivity index is 2.00. The number of carbonyl (C=O) groups is 1. The molecule has 0 spiro atoms. The van der Waals surface area contributed by atoms with Crippen LogP contribution in [0.3, 0.4) is 0 Å². The normalized spacial score (nSPS) is 23.9. The molecule has 2 nitrogen and oxygen atoms in total. The van der Waals surface area contributed by atoms with Gasteiger partial charge >= 0.3 is 0 Å². The van der Waals surface area contributed by atoms with Crippen molar-refractivity contribution in [3.05, 3.63) is 0 Å². The maximum atomic E-state index is 12.4. The summed E-state index contributed by atoms with van der Waals surface area (Å²) in [4.78, 5) is 15.1. The van der Waals surface area contributed by atoms with Crippen LogP contribution < -0.4 is 0 Å². The topological polar surface area (TPSA) is 20.3 Å². The minimum absolute atomic E-state index is 0.240. The Labute approximate surface area is 125 Å². The number of ketones is 1. The summed E-state index contributed by atoms with van der Waals surface area (Å²) < 4.78 is 0. The van der Waals surface area contributed by atoms with Crippen molar-refractivity contribution in [1.82, 2.24) is 4.90 Å². The number of Topliss-reactive ketones (excluding diaryl/α,β-unsaturated/α-hetero) is 1. The zero-order valence-corrected chi connectivity index (χ0v) is 13.6. The summed E-state index contributed by atoms with van der Waals surface area (Å²) in [6, 6.07) is 1.39. The van der Waals surface area contributed by atoms with E-state index in [0.29, 0.717) is 17.9 Å². The van der Waals surface area contributed by atoms with Gasteiger partial charge in [-0.2, -0.15) is 0 Å². The number of nitrogens with zero attached hydrogens (tertiary/aromatic N) is 1. The second-order valence-corrected chi connectivity index (χ2v) is 7.03. The molecule has 2 rings (SSSR count). The van der Waals surface area contributed by atoms with Crippen molar-refractivity contribution < 1.29 is 4.79 Å². The minimum atomic E-state index is 0.240. The molecule has 0 aliphatic heterocycles. The monoisotopic (exact) mass is 279 g/mol. The highest BCUT2D eigenvalue weighted by atomic mass is 16.1. The standard InChI is InChI=1S/C18H33NO/c1-3-15(2)18(20)14-19(16-10-6-4-7-11-16)17-12-8-5-9-13-17/h15-17H,3-14H2,1-2H3. The molecule has 0 N–H and O–H groups in total. The molecule has 116 valence electrons. The van der Waals surface area contributed by atoms with Crippen LogP contribution in [0.4, 0.5) is 0 Å². The van der Waals surface area contributed by atoms with Crippen LogP contribution in [0.15, 0.2) is 0 Å². The van der Waals surface area contributed by atoms with Crippen LogP contribution in [0.1, 0.15) is 84.5 Å².